The van der Waals surface area contributed by atoms with Gasteiger partial charge in [0.25, 0.3) is 0 Å². The van der Waals surface area contributed by atoms with Gasteiger partial charge in [-0.1, -0.05) is 23.4 Å². The van der Waals surface area contributed by atoms with Crippen LogP contribution < -0.4 is 10.1 Å². The van der Waals surface area contributed by atoms with Gasteiger partial charge in [-0.25, -0.2) is 9.97 Å². The molecule has 0 radical (unpaired) electrons. The van der Waals surface area contributed by atoms with E-state index in [1.54, 1.807) is 6.20 Å². The molecule has 6 nitrogen and oxygen atoms in total. The Morgan fingerprint density at radius 1 is 1.44 bits per heavy atom. The predicted molar refractivity (Wildman–Crippen MR) is 104 cm³/mol. The number of nitrogens with zero attached hydrogens (tertiary/aromatic N) is 2. The van der Waals surface area contributed by atoms with Crippen molar-refractivity contribution in [2.75, 3.05) is 26.0 Å². The van der Waals surface area contributed by atoms with E-state index < -0.39 is 0 Å². The van der Waals surface area contributed by atoms with Gasteiger partial charge in [-0.15, -0.1) is 0 Å². The molecule has 0 bridgehead atoms. The second kappa shape index (κ2) is 8.04. The number of rotatable bonds is 5. The molecule has 2 aromatic rings. The van der Waals surface area contributed by atoms with E-state index in [-0.39, 0.29) is 17.9 Å². The first-order valence-electron chi connectivity index (χ1n) is 8.86. The highest BCUT2D eigenvalue weighted by Crippen LogP contribution is 2.39. The van der Waals surface area contributed by atoms with Gasteiger partial charge < -0.3 is 14.8 Å². The van der Waals surface area contributed by atoms with Crippen molar-refractivity contribution in [3.63, 3.8) is 0 Å². The largest absolute Gasteiger partial charge is 0.486 e. The zero-order valence-corrected chi connectivity index (χ0v) is 16.5. The minimum atomic E-state index is -0.119. The summed E-state index contributed by atoms with van der Waals surface area (Å²) in [7, 11) is 0. The number of carbonyl (C=O) groups is 1. The lowest BCUT2D eigenvalue weighted by molar-refractivity contribution is -0.125. The van der Waals surface area contributed by atoms with Crippen LogP contribution in [0.5, 0.6) is 5.75 Å². The van der Waals surface area contributed by atoms with Gasteiger partial charge in [0.2, 0.25) is 5.91 Å². The van der Waals surface area contributed by atoms with Crippen molar-refractivity contribution < 1.29 is 14.3 Å². The van der Waals surface area contributed by atoms with Crippen LogP contribution in [0.1, 0.15) is 12.0 Å². The summed E-state index contributed by atoms with van der Waals surface area (Å²) in [6.45, 7) is 1.62. The van der Waals surface area contributed by atoms with Crippen molar-refractivity contribution in [1.29, 1.82) is 0 Å². The third kappa shape index (κ3) is 4.05. The molecule has 0 unspecified atom stereocenters. The van der Waals surface area contributed by atoms with Crippen LogP contribution in [-0.2, 0) is 16.0 Å². The van der Waals surface area contributed by atoms with Crippen LogP contribution in [0.4, 0.5) is 0 Å². The van der Waals surface area contributed by atoms with Crippen LogP contribution in [0.15, 0.2) is 29.6 Å². The SMILES string of the molecule is CSc1nccc(-c2cc(Cl)c3c(c2)C[C@H](CNC(=O)[C@@H]2CCOC2)O3)n1. The molecule has 0 saturated carbocycles. The van der Waals surface area contributed by atoms with Crippen molar-refractivity contribution in [2.45, 2.75) is 24.1 Å². The fraction of sp³-hybridized carbons (Fsp3) is 0.421. The molecule has 2 atom stereocenters. The molecule has 1 aromatic heterocycles. The lowest BCUT2D eigenvalue weighted by Gasteiger charge is -2.14. The number of halogens is 1. The lowest BCUT2D eigenvalue weighted by atomic mass is 10.0. The molecule has 1 N–H and O–H groups in total. The number of aromatic nitrogens is 2. The summed E-state index contributed by atoms with van der Waals surface area (Å²) in [5.41, 5.74) is 2.80. The van der Waals surface area contributed by atoms with Gasteiger partial charge in [0.15, 0.2) is 5.16 Å². The molecular weight excluding hydrogens is 386 g/mol. The number of carbonyl (C=O) groups excluding carboxylic acids is 1. The first-order valence-corrected chi connectivity index (χ1v) is 10.5. The van der Waals surface area contributed by atoms with Gasteiger partial charge in [0, 0.05) is 30.4 Å². The van der Waals surface area contributed by atoms with Gasteiger partial charge in [-0.3, -0.25) is 4.79 Å². The van der Waals surface area contributed by atoms with E-state index in [9.17, 15) is 4.79 Å². The van der Waals surface area contributed by atoms with E-state index in [0.717, 1.165) is 28.4 Å². The van der Waals surface area contributed by atoms with E-state index in [0.29, 0.717) is 37.0 Å². The summed E-state index contributed by atoms with van der Waals surface area (Å²) in [6.07, 6.45) is 5.05. The van der Waals surface area contributed by atoms with Gasteiger partial charge >= 0.3 is 0 Å². The van der Waals surface area contributed by atoms with E-state index in [4.69, 9.17) is 21.1 Å². The highest BCUT2D eigenvalue weighted by molar-refractivity contribution is 7.98. The van der Waals surface area contributed by atoms with Crippen molar-refractivity contribution in [3.05, 3.63) is 35.0 Å². The fourth-order valence-electron chi connectivity index (χ4n) is 3.35. The molecule has 8 heteroatoms. The van der Waals surface area contributed by atoms with Crippen LogP contribution in [0.3, 0.4) is 0 Å². The molecule has 27 heavy (non-hydrogen) atoms. The minimum Gasteiger partial charge on any atom is -0.486 e. The number of hydrogen-bond acceptors (Lipinski definition) is 6. The molecule has 1 saturated heterocycles. The summed E-state index contributed by atoms with van der Waals surface area (Å²) in [5.74, 6) is 0.680. The summed E-state index contributed by atoms with van der Waals surface area (Å²) < 4.78 is 11.2. The third-order valence-corrected chi connectivity index (χ3v) is 5.61. The van der Waals surface area contributed by atoms with Crippen molar-refractivity contribution in [3.8, 4) is 17.0 Å². The number of amides is 1. The summed E-state index contributed by atoms with van der Waals surface area (Å²) in [6, 6.07) is 5.79. The molecule has 1 aromatic carbocycles. The first kappa shape index (κ1) is 18.5. The van der Waals surface area contributed by atoms with Crippen molar-refractivity contribution in [2.24, 2.45) is 5.92 Å². The summed E-state index contributed by atoms with van der Waals surface area (Å²) in [4.78, 5) is 20.9. The second-order valence-electron chi connectivity index (χ2n) is 6.62. The fourth-order valence-corrected chi connectivity index (χ4v) is 3.99. The monoisotopic (exact) mass is 405 g/mol. The maximum atomic E-state index is 12.2. The molecular formula is C19H20ClN3O3S. The first-order chi connectivity index (χ1) is 13.1. The number of benzene rings is 1. The normalized spacial score (nSPS) is 21.0. The topological polar surface area (TPSA) is 73.3 Å². The third-order valence-electron chi connectivity index (χ3n) is 4.77. The number of hydrogen-bond donors (Lipinski definition) is 1. The van der Waals surface area contributed by atoms with E-state index >= 15 is 0 Å². The van der Waals surface area contributed by atoms with Gasteiger partial charge in [0.05, 0.1) is 29.8 Å². The van der Waals surface area contributed by atoms with Crippen LogP contribution in [-0.4, -0.2) is 48.0 Å². The Labute approximate surface area is 167 Å². The number of ether oxygens (including phenoxy) is 2. The Morgan fingerprint density at radius 3 is 3.11 bits per heavy atom. The maximum absolute atomic E-state index is 12.2. The molecule has 4 rings (SSSR count). The second-order valence-corrected chi connectivity index (χ2v) is 7.81. The average molecular weight is 406 g/mol. The van der Waals surface area contributed by atoms with Crippen LogP contribution in [0, 0.1) is 5.92 Å². The highest BCUT2D eigenvalue weighted by Gasteiger charge is 2.28. The summed E-state index contributed by atoms with van der Waals surface area (Å²) >= 11 is 7.95. The number of thioether (sulfide) groups is 1. The Hall–Kier alpha value is -1.83. The molecule has 0 aliphatic carbocycles. The lowest BCUT2D eigenvalue weighted by Crippen LogP contribution is -2.38. The smallest absolute Gasteiger partial charge is 0.225 e. The van der Waals surface area contributed by atoms with E-state index in [1.165, 1.54) is 11.8 Å². The Kier molecular flexibility index (Phi) is 5.52. The minimum absolute atomic E-state index is 0.0319. The highest BCUT2D eigenvalue weighted by atomic mass is 35.5. The van der Waals surface area contributed by atoms with Gasteiger partial charge in [-0.05, 0) is 30.9 Å². The van der Waals surface area contributed by atoms with Gasteiger partial charge in [-0.2, -0.15) is 0 Å². The Morgan fingerprint density at radius 2 is 2.33 bits per heavy atom. The zero-order valence-electron chi connectivity index (χ0n) is 14.9. The quantitative estimate of drug-likeness (QED) is 0.609. The molecule has 0 spiro atoms. The number of nitrogens with one attached hydrogen (secondary N) is 1. The molecule has 142 valence electrons. The molecule has 1 fully saturated rings. The number of fused-ring (bicyclic) bond motifs is 1. The van der Waals surface area contributed by atoms with Crippen LogP contribution >= 0.6 is 23.4 Å². The van der Waals surface area contributed by atoms with Crippen molar-refractivity contribution >= 4 is 29.3 Å². The maximum Gasteiger partial charge on any atom is 0.225 e. The summed E-state index contributed by atoms with van der Waals surface area (Å²) in [5, 5.41) is 4.25. The molecule has 2 aliphatic heterocycles. The standard InChI is InChI=1S/C19H20ClN3O3S/c1-27-19-21-4-2-16(23-19)12-6-13-7-14(26-17(13)15(20)8-12)9-22-18(24)11-3-5-25-10-11/h2,4,6,8,11,14H,3,5,7,9-10H2,1H3,(H,22,24)/t11-,14-/m1/s1. The van der Waals surface area contributed by atoms with Crippen molar-refractivity contribution in [1.82, 2.24) is 15.3 Å². The predicted octanol–water partition coefficient (Wildman–Crippen LogP) is 2.98. The van der Waals surface area contributed by atoms with Gasteiger partial charge in [0.1, 0.15) is 11.9 Å². The van der Waals surface area contributed by atoms with E-state index in [2.05, 4.69) is 21.4 Å². The molecule has 2 aliphatic rings. The Bertz CT molecular complexity index is 858. The Balaban J connectivity index is 1.45. The average Bonchev–Trinajstić information content (AvgIpc) is 3.36. The van der Waals surface area contributed by atoms with Crippen LogP contribution in [0.25, 0.3) is 11.3 Å². The zero-order chi connectivity index (χ0) is 18.8. The molecule has 3 heterocycles. The van der Waals surface area contributed by atoms with E-state index in [1.807, 2.05) is 18.4 Å². The van der Waals surface area contributed by atoms with Crippen LogP contribution in [0.2, 0.25) is 5.02 Å². The molecule has 1 amide bonds.